The number of amides is 1. The van der Waals surface area contributed by atoms with Crippen molar-refractivity contribution >= 4 is 22.4 Å². The number of nitrogens with one attached hydrogen (secondary N) is 1. The molecule has 0 aliphatic heterocycles. The Morgan fingerprint density at radius 1 is 1.50 bits per heavy atom. The highest BCUT2D eigenvalue weighted by Gasteiger charge is 2.13. The van der Waals surface area contributed by atoms with Crippen molar-refractivity contribution in [3.63, 3.8) is 0 Å². The van der Waals surface area contributed by atoms with Gasteiger partial charge < -0.3 is 11.1 Å². The Bertz CT molecular complexity index is 610. The third-order valence-electron chi connectivity index (χ3n) is 2.61. The van der Waals surface area contributed by atoms with Gasteiger partial charge in [-0.15, -0.1) is 12.3 Å². The molecule has 2 rings (SSSR count). The smallest absolute Gasteiger partial charge is 0.242 e. The van der Waals surface area contributed by atoms with Gasteiger partial charge in [-0.05, 0) is 12.1 Å². The molecule has 0 bridgehead atoms. The van der Waals surface area contributed by atoms with Crippen molar-refractivity contribution in [2.45, 2.75) is 12.5 Å². The van der Waals surface area contributed by atoms with E-state index in [1.54, 1.807) is 12.4 Å². The quantitative estimate of drug-likeness (QED) is 0.798. The third-order valence-corrected chi connectivity index (χ3v) is 2.61. The Hall–Kier alpha value is -2.38. The fourth-order valence-corrected chi connectivity index (χ4v) is 1.68. The maximum absolute atomic E-state index is 11.8. The van der Waals surface area contributed by atoms with Crippen LogP contribution in [0.15, 0.2) is 36.7 Å². The molecule has 18 heavy (non-hydrogen) atoms. The van der Waals surface area contributed by atoms with E-state index >= 15 is 0 Å². The molecule has 1 amide bonds. The molecule has 1 atom stereocenters. The van der Waals surface area contributed by atoms with Gasteiger partial charge in [-0.25, -0.2) is 0 Å². The highest BCUT2D eigenvalue weighted by Crippen LogP contribution is 2.22. The van der Waals surface area contributed by atoms with Gasteiger partial charge in [0.25, 0.3) is 0 Å². The molecule has 0 aliphatic carbocycles. The fraction of sp³-hybridized carbons (Fsp3) is 0.143. The maximum atomic E-state index is 11.8. The van der Waals surface area contributed by atoms with Crippen molar-refractivity contribution in [3.05, 3.63) is 36.7 Å². The van der Waals surface area contributed by atoms with E-state index in [0.717, 1.165) is 10.8 Å². The van der Waals surface area contributed by atoms with Crippen LogP contribution >= 0.6 is 0 Å². The molecule has 1 unspecified atom stereocenters. The molecular formula is C14H13N3O. The molecule has 4 heteroatoms. The number of fused-ring (bicyclic) bond motifs is 1. The number of rotatable bonds is 3. The minimum absolute atomic E-state index is 0.220. The number of carbonyl (C=O) groups excluding carboxylic acids is 1. The SMILES string of the molecule is C#CCC(N)C(=O)Nc1cccc2cnccc12. The number of benzene rings is 1. The zero-order valence-corrected chi connectivity index (χ0v) is 9.76. The summed E-state index contributed by atoms with van der Waals surface area (Å²) in [6.07, 6.45) is 8.78. The largest absolute Gasteiger partial charge is 0.324 e. The summed E-state index contributed by atoms with van der Waals surface area (Å²) in [5.41, 5.74) is 6.37. The molecule has 0 spiro atoms. The number of pyridine rings is 1. The van der Waals surface area contributed by atoms with Crippen LogP contribution in [0.25, 0.3) is 10.8 Å². The van der Waals surface area contributed by atoms with Gasteiger partial charge in [-0.3, -0.25) is 9.78 Å². The van der Waals surface area contributed by atoms with Crippen LogP contribution < -0.4 is 11.1 Å². The summed E-state index contributed by atoms with van der Waals surface area (Å²) in [7, 11) is 0. The van der Waals surface area contributed by atoms with Crippen LogP contribution in [0.4, 0.5) is 5.69 Å². The van der Waals surface area contributed by atoms with Gasteiger partial charge in [0.15, 0.2) is 0 Å². The van der Waals surface area contributed by atoms with Gasteiger partial charge >= 0.3 is 0 Å². The first-order valence-electron chi connectivity index (χ1n) is 5.55. The standard InChI is InChI=1S/C14H13N3O/c1-2-4-12(15)14(18)17-13-6-3-5-10-9-16-8-7-11(10)13/h1,3,5-9,12H,4,15H2,(H,17,18). The Morgan fingerprint density at radius 2 is 2.33 bits per heavy atom. The minimum atomic E-state index is -0.688. The third kappa shape index (κ3) is 2.47. The van der Waals surface area contributed by atoms with Crippen LogP contribution in [-0.4, -0.2) is 16.9 Å². The van der Waals surface area contributed by atoms with Crippen LogP contribution in [0.2, 0.25) is 0 Å². The van der Waals surface area contributed by atoms with E-state index in [0.29, 0.717) is 5.69 Å². The lowest BCUT2D eigenvalue weighted by Crippen LogP contribution is -2.35. The molecular weight excluding hydrogens is 226 g/mol. The van der Waals surface area contributed by atoms with Crippen molar-refractivity contribution in [1.82, 2.24) is 4.98 Å². The van der Waals surface area contributed by atoms with Gasteiger partial charge in [0.2, 0.25) is 5.91 Å². The van der Waals surface area contributed by atoms with Crippen LogP contribution in [-0.2, 0) is 4.79 Å². The molecule has 3 N–H and O–H groups in total. The predicted octanol–water partition coefficient (Wildman–Crippen LogP) is 1.52. The van der Waals surface area contributed by atoms with E-state index < -0.39 is 6.04 Å². The second-order valence-corrected chi connectivity index (χ2v) is 3.91. The number of anilines is 1. The van der Waals surface area contributed by atoms with Crippen molar-refractivity contribution in [2.24, 2.45) is 5.73 Å². The van der Waals surface area contributed by atoms with Crippen molar-refractivity contribution < 1.29 is 4.79 Å². The van der Waals surface area contributed by atoms with Gasteiger partial charge in [0, 0.05) is 35.3 Å². The first-order chi connectivity index (χ1) is 8.72. The zero-order chi connectivity index (χ0) is 13.0. The summed E-state index contributed by atoms with van der Waals surface area (Å²) in [5.74, 6) is 2.10. The second kappa shape index (κ2) is 5.30. The lowest BCUT2D eigenvalue weighted by atomic mass is 10.1. The molecule has 0 fully saturated rings. The monoisotopic (exact) mass is 239 g/mol. The predicted molar refractivity (Wildman–Crippen MR) is 71.8 cm³/mol. The highest BCUT2D eigenvalue weighted by atomic mass is 16.2. The molecule has 0 saturated heterocycles. The number of nitrogens with two attached hydrogens (primary N) is 1. The van der Waals surface area contributed by atoms with Gasteiger partial charge in [0.1, 0.15) is 0 Å². The summed E-state index contributed by atoms with van der Waals surface area (Å²) >= 11 is 0. The lowest BCUT2D eigenvalue weighted by molar-refractivity contribution is -0.117. The number of aromatic nitrogens is 1. The fourth-order valence-electron chi connectivity index (χ4n) is 1.68. The number of terminal acetylenes is 1. The highest BCUT2D eigenvalue weighted by molar-refractivity contribution is 6.03. The molecule has 2 aromatic rings. The molecule has 4 nitrogen and oxygen atoms in total. The number of nitrogens with zero attached hydrogens (tertiary/aromatic N) is 1. The normalized spacial score (nSPS) is 11.8. The molecule has 1 aromatic carbocycles. The average molecular weight is 239 g/mol. The van der Waals surface area contributed by atoms with E-state index in [4.69, 9.17) is 12.2 Å². The molecule has 0 radical (unpaired) electrons. The second-order valence-electron chi connectivity index (χ2n) is 3.91. The van der Waals surface area contributed by atoms with Gasteiger partial charge in [0.05, 0.1) is 6.04 Å². The van der Waals surface area contributed by atoms with Crippen LogP contribution in [0, 0.1) is 12.3 Å². The molecule has 1 aromatic heterocycles. The summed E-state index contributed by atoms with van der Waals surface area (Å²) in [5, 5.41) is 4.67. The van der Waals surface area contributed by atoms with E-state index in [1.165, 1.54) is 0 Å². The summed E-state index contributed by atoms with van der Waals surface area (Å²) in [6.45, 7) is 0. The van der Waals surface area contributed by atoms with Crippen LogP contribution in [0.5, 0.6) is 0 Å². The topological polar surface area (TPSA) is 68.0 Å². The van der Waals surface area contributed by atoms with E-state index in [2.05, 4.69) is 16.2 Å². The van der Waals surface area contributed by atoms with Crippen molar-refractivity contribution in [1.29, 1.82) is 0 Å². The number of hydrogen-bond acceptors (Lipinski definition) is 3. The minimum Gasteiger partial charge on any atom is -0.324 e. The Labute approximate surface area is 105 Å². The van der Waals surface area contributed by atoms with Crippen LogP contribution in [0.1, 0.15) is 6.42 Å². The number of carbonyl (C=O) groups is 1. The van der Waals surface area contributed by atoms with Crippen molar-refractivity contribution in [3.8, 4) is 12.3 Å². The molecule has 90 valence electrons. The Balaban J connectivity index is 2.27. The average Bonchev–Trinajstić information content (AvgIpc) is 2.39. The van der Waals surface area contributed by atoms with Crippen molar-refractivity contribution in [2.75, 3.05) is 5.32 Å². The Kier molecular flexibility index (Phi) is 3.56. The Morgan fingerprint density at radius 3 is 3.11 bits per heavy atom. The maximum Gasteiger partial charge on any atom is 0.242 e. The van der Waals surface area contributed by atoms with Gasteiger partial charge in [-0.2, -0.15) is 0 Å². The first-order valence-corrected chi connectivity index (χ1v) is 5.55. The summed E-state index contributed by atoms with van der Waals surface area (Å²) in [4.78, 5) is 15.8. The zero-order valence-electron chi connectivity index (χ0n) is 9.76. The molecule has 0 saturated carbocycles. The number of hydrogen-bond donors (Lipinski definition) is 2. The van der Waals surface area contributed by atoms with E-state index in [-0.39, 0.29) is 12.3 Å². The van der Waals surface area contributed by atoms with Crippen LogP contribution in [0.3, 0.4) is 0 Å². The first kappa shape index (κ1) is 12.1. The van der Waals surface area contributed by atoms with E-state index in [1.807, 2.05) is 24.3 Å². The summed E-state index contributed by atoms with van der Waals surface area (Å²) < 4.78 is 0. The lowest BCUT2D eigenvalue weighted by Gasteiger charge is -2.11. The molecule has 0 aliphatic rings. The van der Waals surface area contributed by atoms with Gasteiger partial charge in [-0.1, -0.05) is 12.1 Å². The molecule has 1 heterocycles. The summed E-state index contributed by atoms with van der Waals surface area (Å²) in [6, 6.07) is 6.76. The van der Waals surface area contributed by atoms with E-state index in [9.17, 15) is 4.79 Å².